The standard InChI is InChI=1S/C19H20N2O3/c1-13-4-6-14(7-5-13)16-3-2-10-21(16)19(22)20-15-8-9-17-18(11-15)24-12-23-17/h4-9,11,16H,2-3,10,12H2,1H3,(H,20,22). The molecule has 0 bridgehead atoms. The van der Waals surface area contributed by atoms with E-state index in [0.29, 0.717) is 11.5 Å². The number of urea groups is 1. The molecule has 0 spiro atoms. The maximum absolute atomic E-state index is 12.7. The molecule has 2 heterocycles. The van der Waals surface area contributed by atoms with Crippen LogP contribution in [-0.4, -0.2) is 24.3 Å². The highest BCUT2D eigenvalue weighted by atomic mass is 16.7. The van der Waals surface area contributed by atoms with Crippen molar-refractivity contribution >= 4 is 11.7 Å². The van der Waals surface area contributed by atoms with Gasteiger partial charge >= 0.3 is 6.03 Å². The molecule has 0 saturated carbocycles. The molecule has 2 aliphatic rings. The molecule has 0 aliphatic carbocycles. The number of hydrogen-bond acceptors (Lipinski definition) is 3. The third-order valence-corrected chi connectivity index (χ3v) is 4.60. The van der Waals surface area contributed by atoms with Crippen molar-refractivity contribution in [3.63, 3.8) is 0 Å². The molecule has 5 nitrogen and oxygen atoms in total. The first-order chi connectivity index (χ1) is 11.7. The van der Waals surface area contributed by atoms with Crippen LogP contribution in [0.4, 0.5) is 10.5 Å². The number of nitrogens with zero attached hydrogens (tertiary/aromatic N) is 1. The second kappa shape index (κ2) is 6.07. The van der Waals surface area contributed by atoms with Crippen molar-refractivity contribution in [2.45, 2.75) is 25.8 Å². The Labute approximate surface area is 141 Å². The lowest BCUT2D eigenvalue weighted by Crippen LogP contribution is -2.34. The molecule has 124 valence electrons. The summed E-state index contributed by atoms with van der Waals surface area (Å²) in [5.41, 5.74) is 3.14. The number of amides is 2. The van der Waals surface area contributed by atoms with Crippen molar-refractivity contribution in [2.24, 2.45) is 0 Å². The minimum absolute atomic E-state index is 0.0723. The fourth-order valence-corrected chi connectivity index (χ4v) is 3.31. The number of aryl methyl sites for hydroxylation is 1. The summed E-state index contributed by atoms with van der Waals surface area (Å²) in [4.78, 5) is 14.6. The number of likely N-dealkylation sites (tertiary alicyclic amines) is 1. The first kappa shape index (κ1) is 14.9. The average molecular weight is 324 g/mol. The van der Waals surface area contributed by atoms with Crippen LogP contribution in [0.5, 0.6) is 11.5 Å². The highest BCUT2D eigenvalue weighted by molar-refractivity contribution is 5.90. The van der Waals surface area contributed by atoms with Crippen molar-refractivity contribution in [1.29, 1.82) is 0 Å². The van der Waals surface area contributed by atoms with Gasteiger partial charge in [-0.1, -0.05) is 29.8 Å². The largest absolute Gasteiger partial charge is 0.454 e. The van der Waals surface area contributed by atoms with Crippen LogP contribution in [0.1, 0.15) is 30.0 Å². The van der Waals surface area contributed by atoms with Crippen LogP contribution in [0, 0.1) is 6.92 Å². The van der Waals surface area contributed by atoms with E-state index in [2.05, 4.69) is 36.5 Å². The molecular weight excluding hydrogens is 304 g/mol. The molecule has 1 fully saturated rings. The van der Waals surface area contributed by atoms with E-state index >= 15 is 0 Å². The van der Waals surface area contributed by atoms with Crippen molar-refractivity contribution in [3.05, 3.63) is 53.6 Å². The molecule has 1 atom stereocenters. The Kier molecular flexibility index (Phi) is 3.76. The maximum atomic E-state index is 12.7. The first-order valence-electron chi connectivity index (χ1n) is 8.24. The SMILES string of the molecule is Cc1ccc(C2CCCN2C(=O)Nc2ccc3c(c2)OCO3)cc1. The molecule has 24 heavy (non-hydrogen) atoms. The lowest BCUT2D eigenvalue weighted by molar-refractivity contribution is 0.174. The normalized spacial score (nSPS) is 18.7. The van der Waals surface area contributed by atoms with Gasteiger partial charge in [0.2, 0.25) is 6.79 Å². The third-order valence-electron chi connectivity index (χ3n) is 4.60. The van der Waals surface area contributed by atoms with Gasteiger partial charge in [0.05, 0.1) is 6.04 Å². The van der Waals surface area contributed by atoms with E-state index in [4.69, 9.17) is 9.47 Å². The molecule has 2 aromatic carbocycles. The highest BCUT2D eigenvalue weighted by Gasteiger charge is 2.30. The van der Waals surface area contributed by atoms with Crippen LogP contribution in [0.25, 0.3) is 0 Å². The second-order valence-electron chi connectivity index (χ2n) is 6.26. The summed E-state index contributed by atoms with van der Waals surface area (Å²) < 4.78 is 10.7. The van der Waals surface area contributed by atoms with Gasteiger partial charge in [-0.3, -0.25) is 0 Å². The number of benzene rings is 2. The number of anilines is 1. The Morgan fingerprint density at radius 1 is 1.12 bits per heavy atom. The number of nitrogens with one attached hydrogen (secondary N) is 1. The van der Waals surface area contributed by atoms with Crippen LogP contribution in [0.3, 0.4) is 0 Å². The summed E-state index contributed by atoms with van der Waals surface area (Å²) in [6.45, 7) is 3.08. The molecule has 2 aromatic rings. The Bertz CT molecular complexity index is 758. The summed E-state index contributed by atoms with van der Waals surface area (Å²) in [7, 11) is 0. The summed E-state index contributed by atoms with van der Waals surface area (Å²) in [5, 5.41) is 2.98. The van der Waals surface area contributed by atoms with Crippen molar-refractivity contribution in [1.82, 2.24) is 4.90 Å². The minimum atomic E-state index is -0.0723. The number of fused-ring (bicyclic) bond motifs is 1. The average Bonchev–Trinajstić information content (AvgIpc) is 3.24. The molecule has 1 N–H and O–H groups in total. The monoisotopic (exact) mass is 324 g/mol. The van der Waals surface area contributed by atoms with Crippen LogP contribution >= 0.6 is 0 Å². The fraction of sp³-hybridized carbons (Fsp3) is 0.316. The van der Waals surface area contributed by atoms with Gasteiger partial charge in [-0.05, 0) is 37.5 Å². The molecular formula is C19H20N2O3. The number of rotatable bonds is 2. The molecule has 0 aromatic heterocycles. The first-order valence-corrected chi connectivity index (χ1v) is 8.24. The minimum Gasteiger partial charge on any atom is -0.454 e. The van der Waals surface area contributed by atoms with Gasteiger partial charge < -0.3 is 19.7 Å². The predicted octanol–water partition coefficient (Wildman–Crippen LogP) is 4.09. The summed E-state index contributed by atoms with van der Waals surface area (Å²) in [6, 6.07) is 14.0. The van der Waals surface area contributed by atoms with Crippen LogP contribution in [-0.2, 0) is 0 Å². The molecule has 1 unspecified atom stereocenters. The zero-order valence-corrected chi connectivity index (χ0v) is 13.6. The summed E-state index contributed by atoms with van der Waals surface area (Å²) in [6.07, 6.45) is 2.02. The highest BCUT2D eigenvalue weighted by Crippen LogP contribution is 2.35. The van der Waals surface area contributed by atoms with Gasteiger partial charge in [0.1, 0.15) is 0 Å². The zero-order valence-electron chi connectivity index (χ0n) is 13.6. The van der Waals surface area contributed by atoms with Crippen molar-refractivity contribution in [2.75, 3.05) is 18.7 Å². The molecule has 5 heteroatoms. The van der Waals surface area contributed by atoms with Crippen LogP contribution < -0.4 is 14.8 Å². The van der Waals surface area contributed by atoms with E-state index in [1.165, 1.54) is 11.1 Å². The quantitative estimate of drug-likeness (QED) is 0.905. The van der Waals surface area contributed by atoms with Gasteiger partial charge in [-0.2, -0.15) is 0 Å². The predicted molar refractivity (Wildman–Crippen MR) is 91.4 cm³/mol. The van der Waals surface area contributed by atoms with E-state index in [1.54, 1.807) is 6.07 Å². The number of carbonyl (C=O) groups excluding carboxylic acids is 1. The molecule has 0 radical (unpaired) electrons. The van der Waals surface area contributed by atoms with E-state index < -0.39 is 0 Å². The molecule has 1 saturated heterocycles. The van der Waals surface area contributed by atoms with Gasteiger partial charge in [-0.25, -0.2) is 4.79 Å². The lowest BCUT2D eigenvalue weighted by Gasteiger charge is -2.25. The summed E-state index contributed by atoms with van der Waals surface area (Å²) >= 11 is 0. The molecule has 2 amide bonds. The fourth-order valence-electron chi connectivity index (χ4n) is 3.31. The third kappa shape index (κ3) is 2.77. The Morgan fingerprint density at radius 2 is 1.92 bits per heavy atom. The zero-order chi connectivity index (χ0) is 16.5. The van der Waals surface area contributed by atoms with E-state index in [9.17, 15) is 4.79 Å². The second-order valence-corrected chi connectivity index (χ2v) is 6.26. The molecule has 2 aliphatic heterocycles. The van der Waals surface area contributed by atoms with Crippen molar-refractivity contribution < 1.29 is 14.3 Å². The molecule has 4 rings (SSSR count). The van der Waals surface area contributed by atoms with E-state index in [1.807, 2.05) is 17.0 Å². The topological polar surface area (TPSA) is 50.8 Å². The van der Waals surface area contributed by atoms with Gasteiger partial charge in [-0.15, -0.1) is 0 Å². The lowest BCUT2D eigenvalue weighted by atomic mass is 10.0. The van der Waals surface area contributed by atoms with Crippen LogP contribution in [0.2, 0.25) is 0 Å². The Morgan fingerprint density at radius 3 is 2.75 bits per heavy atom. The Hall–Kier alpha value is -2.69. The van der Waals surface area contributed by atoms with E-state index in [-0.39, 0.29) is 18.9 Å². The maximum Gasteiger partial charge on any atom is 0.322 e. The number of hydrogen-bond donors (Lipinski definition) is 1. The van der Waals surface area contributed by atoms with Crippen LogP contribution in [0.15, 0.2) is 42.5 Å². The Balaban J connectivity index is 1.50. The van der Waals surface area contributed by atoms with Gasteiger partial charge in [0, 0.05) is 18.3 Å². The summed E-state index contributed by atoms with van der Waals surface area (Å²) in [5.74, 6) is 1.39. The van der Waals surface area contributed by atoms with Gasteiger partial charge in [0.15, 0.2) is 11.5 Å². The van der Waals surface area contributed by atoms with Gasteiger partial charge in [0.25, 0.3) is 0 Å². The number of ether oxygens (including phenoxy) is 2. The van der Waals surface area contributed by atoms with E-state index in [0.717, 1.165) is 25.1 Å². The van der Waals surface area contributed by atoms with Crippen molar-refractivity contribution in [3.8, 4) is 11.5 Å². The number of carbonyl (C=O) groups is 1. The smallest absolute Gasteiger partial charge is 0.322 e.